The Labute approximate surface area is 210 Å². The van der Waals surface area contributed by atoms with E-state index in [0.29, 0.717) is 53.9 Å². The zero-order valence-corrected chi connectivity index (χ0v) is 21.0. The second-order valence-electron chi connectivity index (χ2n) is 8.84. The Morgan fingerprint density at radius 2 is 2.11 bits per heavy atom. The molecule has 2 aliphatic heterocycles. The highest BCUT2D eigenvalue weighted by molar-refractivity contribution is 7.90. The number of aryl methyl sites for hydroxylation is 1. The van der Waals surface area contributed by atoms with E-state index in [1.54, 1.807) is 25.4 Å². The first-order valence-corrected chi connectivity index (χ1v) is 14.0. The lowest BCUT2D eigenvalue weighted by atomic mass is 9.93. The number of thiazole rings is 1. The van der Waals surface area contributed by atoms with Gasteiger partial charge >= 0.3 is 0 Å². The molecule has 1 aliphatic carbocycles. The molecule has 8 nitrogen and oxygen atoms in total. The second-order valence-corrected chi connectivity index (χ2v) is 12.1. The van der Waals surface area contributed by atoms with Gasteiger partial charge in [0, 0.05) is 59.4 Å². The Bertz CT molecular complexity index is 1460. The van der Waals surface area contributed by atoms with Gasteiger partial charge < -0.3 is 9.32 Å². The van der Waals surface area contributed by atoms with Crippen molar-refractivity contribution in [2.24, 2.45) is 4.99 Å². The summed E-state index contributed by atoms with van der Waals surface area (Å²) in [5, 5.41) is 2.48. The van der Waals surface area contributed by atoms with Crippen molar-refractivity contribution in [1.29, 1.82) is 0 Å². The Morgan fingerprint density at radius 1 is 1.29 bits per heavy atom. The van der Waals surface area contributed by atoms with Gasteiger partial charge in [0.15, 0.2) is 22.5 Å². The van der Waals surface area contributed by atoms with Gasteiger partial charge in [-0.2, -0.15) is 0 Å². The monoisotopic (exact) mass is 533 g/mol. The normalized spacial score (nSPS) is 22.5. The topological polar surface area (TPSA) is 101 Å². The van der Waals surface area contributed by atoms with Crippen molar-refractivity contribution in [2.75, 3.05) is 6.54 Å². The quantitative estimate of drug-likeness (QED) is 0.507. The Morgan fingerprint density at radius 3 is 2.77 bits per heavy atom. The number of fused-ring (bicyclic) bond motifs is 1. The van der Waals surface area contributed by atoms with E-state index in [0.717, 1.165) is 11.3 Å². The number of rotatable bonds is 6. The molecule has 35 heavy (non-hydrogen) atoms. The smallest absolute Gasteiger partial charge is 0.214 e. The van der Waals surface area contributed by atoms with E-state index >= 15 is 0 Å². The summed E-state index contributed by atoms with van der Waals surface area (Å²) in [7, 11) is -3.39. The minimum Gasteiger partial charge on any atom is -0.441 e. The number of benzene rings is 1. The molecule has 0 bridgehead atoms. The first-order chi connectivity index (χ1) is 16.8. The van der Waals surface area contributed by atoms with Gasteiger partial charge in [0.25, 0.3) is 0 Å². The summed E-state index contributed by atoms with van der Waals surface area (Å²) in [5.41, 5.74) is 2.20. The van der Waals surface area contributed by atoms with Crippen LogP contribution in [0, 0.1) is 12.7 Å². The van der Waals surface area contributed by atoms with E-state index in [1.807, 2.05) is 10.3 Å². The molecule has 1 aromatic carbocycles. The maximum absolute atomic E-state index is 13.9. The highest BCUT2D eigenvalue weighted by Crippen LogP contribution is 2.46. The number of sulfonamides is 1. The lowest BCUT2D eigenvalue weighted by Gasteiger charge is -2.32. The number of halogens is 2. The molecule has 1 N–H and O–H groups in total. The van der Waals surface area contributed by atoms with Gasteiger partial charge in [0.05, 0.1) is 11.4 Å². The molecule has 1 saturated carbocycles. The Balaban J connectivity index is 1.51. The summed E-state index contributed by atoms with van der Waals surface area (Å²) in [6.45, 7) is 2.15. The van der Waals surface area contributed by atoms with Gasteiger partial charge in [-0.25, -0.2) is 27.5 Å². The van der Waals surface area contributed by atoms with Gasteiger partial charge in [-0.15, -0.1) is 11.3 Å². The highest BCUT2D eigenvalue weighted by atomic mass is 35.5. The van der Waals surface area contributed by atoms with Crippen molar-refractivity contribution in [1.82, 2.24) is 19.6 Å². The van der Waals surface area contributed by atoms with Gasteiger partial charge in [0.2, 0.25) is 10.0 Å². The number of nitrogens with one attached hydrogen (secondary N) is 1. The van der Waals surface area contributed by atoms with Gasteiger partial charge in [-0.1, -0.05) is 17.7 Å². The summed E-state index contributed by atoms with van der Waals surface area (Å²) in [5.74, 6) is 1.18. The van der Waals surface area contributed by atoms with Crippen LogP contribution in [0.4, 0.5) is 4.39 Å². The first kappa shape index (κ1) is 22.8. The molecule has 0 radical (unpaired) electrons. The standard InChI is InChI=1S/C23H21ClFN5O3S2/c1-12-27-10-19(33-12)20-18-9-14(29-35(31,32)15-3-4-15)11-30(18)22(23-26-6-7-34-23)28-21(20)16-5-2-13(25)8-17(16)24/h2,5-8,10,14-15,21,29H,3-4,9,11H2,1H3/t14-,21-/m0/s1. The maximum Gasteiger partial charge on any atom is 0.214 e. The third-order valence-electron chi connectivity index (χ3n) is 6.32. The molecule has 0 amide bonds. The third kappa shape index (κ3) is 4.20. The van der Waals surface area contributed by atoms with E-state index in [4.69, 9.17) is 21.0 Å². The Kier molecular flexibility index (Phi) is 5.55. The highest BCUT2D eigenvalue weighted by Gasteiger charge is 2.44. The average Bonchev–Trinajstić information content (AvgIpc) is 3.17. The van der Waals surface area contributed by atoms with Gasteiger partial charge in [-0.05, 0) is 25.0 Å². The van der Waals surface area contributed by atoms with Crippen molar-refractivity contribution in [3.63, 3.8) is 0 Å². The van der Waals surface area contributed by atoms with Crippen LogP contribution in [0.3, 0.4) is 0 Å². The molecule has 3 aliphatic rings. The van der Waals surface area contributed by atoms with Crippen LogP contribution in [0.5, 0.6) is 0 Å². The van der Waals surface area contributed by atoms with E-state index in [9.17, 15) is 12.8 Å². The van der Waals surface area contributed by atoms with Crippen molar-refractivity contribution >= 4 is 44.4 Å². The minimum absolute atomic E-state index is 0.240. The number of amidine groups is 1. The van der Waals surface area contributed by atoms with Crippen molar-refractivity contribution in [2.45, 2.75) is 43.5 Å². The zero-order chi connectivity index (χ0) is 24.3. The summed E-state index contributed by atoms with van der Waals surface area (Å²) in [4.78, 5) is 15.8. The fourth-order valence-electron chi connectivity index (χ4n) is 4.62. The molecule has 182 valence electrons. The van der Waals surface area contributed by atoms with Crippen LogP contribution >= 0.6 is 22.9 Å². The number of aromatic nitrogens is 2. The number of hydrogen-bond acceptors (Lipinski definition) is 8. The molecular weight excluding hydrogens is 513 g/mol. The number of nitrogens with zero attached hydrogens (tertiary/aromatic N) is 4. The average molecular weight is 534 g/mol. The fourth-order valence-corrected chi connectivity index (χ4v) is 7.11. The number of hydrogen-bond donors (Lipinski definition) is 1. The molecule has 3 aromatic rings. The lowest BCUT2D eigenvalue weighted by Crippen LogP contribution is -2.40. The van der Waals surface area contributed by atoms with Crippen LogP contribution in [-0.2, 0) is 10.0 Å². The molecule has 0 spiro atoms. The molecule has 2 atom stereocenters. The van der Waals surface area contributed by atoms with Crippen LogP contribution in [0.2, 0.25) is 5.02 Å². The molecular formula is C23H21ClFN5O3S2. The zero-order valence-electron chi connectivity index (χ0n) is 18.6. The van der Waals surface area contributed by atoms with E-state index < -0.39 is 21.9 Å². The maximum atomic E-state index is 13.9. The van der Waals surface area contributed by atoms with Crippen molar-refractivity contribution < 1.29 is 17.2 Å². The van der Waals surface area contributed by atoms with Gasteiger partial charge in [0.1, 0.15) is 11.9 Å². The summed E-state index contributed by atoms with van der Waals surface area (Å²) < 4.78 is 48.1. The van der Waals surface area contributed by atoms with E-state index in [-0.39, 0.29) is 16.3 Å². The third-order valence-corrected chi connectivity index (χ3v) is 9.43. The van der Waals surface area contributed by atoms with Crippen molar-refractivity contribution in [3.8, 4) is 0 Å². The fraction of sp³-hybridized carbons (Fsp3) is 0.348. The largest absolute Gasteiger partial charge is 0.441 e. The summed E-state index contributed by atoms with van der Waals surface area (Å²) >= 11 is 7.94. The van der Waals surface area contributed by atoms with Crippen LogP contribution in [0.25, 0.3) is 5.57 Å². The summed E-state index contributed by atoms with van der Waals surface area (Å²) in [6, 6.07) is 3.27. The van der Waals surface area contributed by atoms with Crippen molar-refractivity contribution in [3.05, 3.63) is 74.7 Å². The Hall–Kier alpha value is -2.60. The molecule has 6 rings (SSSR count). The van der Waals surface area contributed by atoms with Crippen LogP contribution in [0.1, 0.15) is 47.5 Å². The second kappa shape index (κ2) is 8.51. The molecule has 1 saturated heterocycles. The van der Waals surface area contributed by atoms with Crippen LogP contribution in [-0.4, -0.2) is 47.0 Å². The first-order valence-electron chi connectivity index (χ1n) is 11.2. The molecule has 2 fully saturated rings. The molecule has 0 unspecified atom stereocenters. The number of oxazole rings is 1. The molecule has 12 heteroatoms. The predicted molar refractivity (Wildman–Crippen MR) is 131 cm³/mol. The molecule has 4 heterocycles. The minimum atomic E-state index is -3.39. The van der Waals surface area contributed by atoms with Crippen LogP contribution < -0.4 is 4.72 Å². The van der Waals surface area contributed by atoms with Crippen LogP contribution in [0.15, 0.2) is 51.1 Å². The molecule has 2 aromatic heterocycles. The summed E-state index contributed by atoms with van der Waals surface area (Å²) in [6.07, 6.45) is 5.14. The number of aliphatic imine (C=N–C) groups is 1. The van der Waals surface area contributed by atoms with E-state index in [2.05, 4.69) is 14.7 Å². The van der Waals surface area contributed by atoms with E-state index in [1.165, 1.54) is 23.5 Å². The SMILES string of the molecule is Cc1ncc(C2=C3C[C@H](NS(=O)(=O)C4CC4)CN3C(c3nccs3)=N[C@H]2c2ccc(F)cc2Cl)o1. The predicted octanol–water partition coefficient (Wildman–Crippen LogP) is 4.30. The lowest BCUT2D eigenvalue weighted by molar-refractivity contribution is 0.492. The van der Waals surface area contributed by atoms with Gasteiger partial charge in [-0.3, -0.25) is 4.99 Å².